The van der Waals surface area contributed by atoms with E-state index in [4.69, 9.17) is 37.0 Å². The molecule has 82 heavy (non-hydrogen) atoms. The van der Waals surface area contributed by atoms with Gasteiger partial charge in [0.15, 0.2) is 12.2 Å². The van der Waals surface area contributed by atoms with Crippen LogP contribution < -0.4 is 0 Å². The molecule has 4 unspecified atom stereocenters. The molecule has 0 heterocycles. The molecule has 0 rings (SSSR count). The number of rotatable bonds is 60. The van der Waals surface area contributed by atoms with Crippen molar-refractivity contribution in [2.45, 2.75) is 318 Å². The Morgan fingerprint density at radius 3 is 0.866 bits per heavy atom. The number of carbonyl (C=O) groups excluding carboxylic acids is 4. The Bertz CT molecular complexity index is 1650. The lowest BCUT2D eigenvalue weighted by atomic mass is 9.99. The number of hydrogen-bond acceptors (Lipinski definition) is 15. The molecule has 0 spiro atoms. The number of carbonyl (C=O) groups is 4. The summed E-state index contributed by atoms with van der Waals surface area (Å²) < 4.78 is 67.9. The minimum absolute atomic E-state index is 0.100. The Kier molecular flexibility index (Phi) is 52.0. The Balaban J connectivity index is 5.25. The second-order valence-corrected chi connectivity index (χ2v) is 27.1. The first kappa shape index (κ1) is 80.1. The van der Waals surface area contributed by atoms with Crippen LogP contribution in [-0.4, -0.2) is 96.7 Å². The molecule has 19 heteroatoms. The highest BCUT2D eigenvalue weighted by Gasteiger charge is 2.30. The fourth-order valence-corrected chi connectivity index (χ4v) is 10.8. The van der Waals surface area contributed by atoms with E-state index in [0.29, 0.717) is 37.5 Å². The molecular formula is C63H122O17P2. The summed E-state index contributed by atoms with van der Waals surface area (Å²) in [5.41, 5.74) is 0. The van der Waals surface area contributed by atoms with Crippen molar-refractivity contribution in [3.8, 4) is 0 Å². The van der Waals surface area contributed by atoms with E-state index in [1.807, 2.05) is 0 Å². The number of esters is 4. The largest absolute Gasteiger partial charge is 0.472 e. The van der Waals surface area contributed by atoms with E-state index in [2.05, 4.69) is 55.4 Å². The third kappa shape index (κ3) is 54.7. The summed E-state index contributed by atoms with van der Waals surface area (Å²) in [5.74, 6) is 0.736. The highest BCUT2D eigenvalue weighted by Crippen LogP contribution is 2.45. The molecule has 0 amide bonds. The van der Waals surface area contributed by atoms with Gasteiger partial charge in [-0.15, -0.1) is 0 Å². The van der Waals surface area contributed by atoms with Crippen LogP contribution >= 0.6 is 15.6 Å². The number of aliphatic hydroxyl groups excluding tert-OH is 1. The molecular weight excluding hydrogens is 1090 g/mol. The maximum atomic E-state index is 13.0. The van der Waals surface area contributed by atoms with Gasteiger partial charge in [-0.3, -0.25) is 37.3 Å². The molecule has 0 fully saturated rings. The molecule has 0 aromatic rings. The second kappa shape index (κ2) is 53.3. The molecule has 0 aliphatic rings. The van der Waals surface area contributed by atoms with E-state index in [-0.39, 0.29) is 25.7 Å². The van der Waals surface area contributed by atoms with Crippen molar-refractivity contribution in [1.29, 1.82) is 0 Å². The predicted octanol–water partition coefficient (Wildman–Crippen LogP) is 17.0. The quantitative estimate of drug-likeness (QED) is 0.0222. The summed E-state index contributed by atoms with van der Waals surface area (Å²) in [6.07, 6.45) is 32.4. The van der Waals surface area contributed by atoms with Gasteiger partial charge in [0.05, 0.1) is 26.4 Å². The summed E-state index contributed by atoms with van der Waals surface area (Å²) in [7, 11) is -9.89. The van der Waals surface area contributed by atoms with Crippen molar-refractivity contribution in [2.24, 2.45) is 23.7 Å². The average Bonchev–Trinajstić information content (AvgIpc) is 3.45. The van der Waals surface area contributed by atoms with Crippen LogP contribution in [0.1, 0.15) is 299 Å². The Labute approximate surface area is 498 Å². The van der Waals surface area contributed by atoms with Gasteiger partial charge in [-0.1, -0.05) is 248 Å². The maximum absolute atomic E-state index is 13.0. The van der Waals surface area contributed by atoms with Crippen molar-refractivity contribution >= 4 is 39.5 Å². The normalized spacial score (nSPS) is 15.1. The van der Waals surface area contributed by atoms with Gasteiger partial charge in [0, 0.05) is 25.7 Å². The lowest BCUT2D eigenvalue weighted by Gasteiger charge is -2.21. The fraction of sp³-hybridized carbons (Fsp3) is 0.937. The number of unbranched alkanes of at least 4 members (excludes halogenated alkanes) is 24. The van der Waals surface area contributed by atoms with E-state index in [9.17, 15) is 43.2 Å². The number of ether oxygens (including phenoxy) is 4. The van der Waals surface area contributed by atoms with Gasteiger partial charge < -0.3 is 33.8 Å². The summed E-state index contributed by atoms with van der Waals surface area (Å²) in [5, 5.41) is 10.5. The number of aliphatic hydroxyl groups is 1. The monoisotopic (exact) mass is 1210 g/mol. The maximum Gasteiger partial charge on any atom is 0.472 e. The van der Waals surface area contributed by atoms with Crippen molar-refractivity contribution in [1.82, 2.24) is 0 Å². The van der Waals surface area contributed by atoms with Crippen molar-refractivity contribution in [3.05, 3.63) is 0 Å². The molecule has 17 nitrogen and oxygen atoms in total. The zero-order valence-electron chi connectivity index (χ0n) is 53.1. The van der Waals surface area contributed by atoms with Crippen LogP contribution in [0.2, 0.25) is 0 Å². The van der Waals surface area contributed by atoms with Gasteiger partial charge in [0.1, 0.15) is 19.3 Å². The molecule has 0 aromatic carbocycles. The molecule has 3 N–H and O–H groups in total. The van der Waals surface area contributed by atoms with Crippen molar-refractivity contribution < 1.29 is 80.2 Å². The van der Waals surface area contributed by atoms with Crippen LogP contribution in [0.4, 0.5) is 0 Å². The topological polar surface area (TPSA) is 237 Å². The van der Waals surface area contributed by atoms with Crippen LogP contribution in [0.25, 0.3) is 0 Å². The van der Waals surface area contributed by atoms with E-state index in [1.165, 1.54) is 89.9 Å². The smallest absolute Gasteiger partial charge is 0.462 e. The molecule has 0 saturated heterocycles. The Morgan fingerprint density at radius 1 is 0.341 bits per heavy atom. The molecule has 0 bridgehead atoms. The fourth-order valence-electron chi connectivity index (χ4n) is 9.19. The lowest BCUT2D eigenvalue weighted by Crippen LogP contribution is -2.30. The van der Waals surface area contributed by atoms with Gasteiger partial charge in [0.2, 0.25) is 0 Å². The summed E-state index contributed by atoms with van der Waals surface area (Å²) in [6, 6.07) is 0. The zero-order valence-corrected chi connectivity index (χ0v) is 54.9. The van der Waals surface area contributed by atoms with Gasteiger partial charge >= 0.3 is 39.5 Å². The average molecular weight is 1210 g/mol. The van der Waals surface area contributed by atoms with Crippen LogP contribution in [0.5, 0.6) is 0 Å². The van der Waals surface area contributed by atoms with Crippen LogP contribution in [-0.2, 0) is 65.4 Å². The number of phosphoric ester groups is 2. The van der Waals surface area contributed by atoms with Crippen LogP contribution in [0.3, 0.4) is 0 Å². The first-order chi connectivity index (χ1) is 39.2. The lowest BCUT2D eigenvalue weighted by molar-refractivity contribution is -0.161. The zero-order chi connectivity index (χ0) is 61.1. The third-order valence-corrected chi connectivity index (χ3v) is 16.9. The molecule has 0 aliphatic heterocycles. The molecule has 0 aromatic heterocycles. The Hall–Kier alpha value is -1.94. The third-order valence-electron chi connectivity index (χ3n) is 15.0. The highest BCUT2D eigenvalue weighted by atomic mass is 31.2. The van der Waals surface area contributed by atoms with Gasteiger partial charge in [0.25, 0.3) is 0 Å². The molecule has 486 valence electrons. The van der Waals surface area contributed by atoms with E-state index in [1.54, 1.807) is 0 Å². The molecule has 0 aliphatic carbocycles. The minimum Gasteiger partial charge on any atom is -0.462 e. The van der Waals surface area contributed by atoms with E-state index < -0.39 is 97.5 Å². The number of phosphoric acid groups is 2. The molecule has 0 saturated carbocycles. The Morgan fingerprint density at radius 2 is 0.585 bits per heavy atom. The van der Waals surface area contributed by atoms with Gasteiger partial charge in [-0.05, 0) is 49.4 Å². The SMILES string of the molecule is CCC(C)CCCCCCCCCCCCC(=O)O[C@H](COC(=O)CCCCCCCCC(C)CC)COP(=O)(O)OC[C@H](O)COP(=O)(O)OC[C@@H](COC(=O)CCCCCCCCC(C)C)OC(=O)CCCCCCCCC(C)C. The summed E-state index contributed by atoms with van der Waals surface area (Å²) >= 11 is 0. The van der Waals surface area contributed by atoms with Gasteiger partial charge in [-0.25, -0.2) is 9.13 Å². The molecule has 0 radical (unpaired) electrons. The summed E-state index contributed by atoms with van der Waals surface area (Å²) in [6.45, 7) is 13.9. The van der Waals surface area contributed by atoms with Crippen molar-refractivity contribution in [2.75, 3.05) is 39.6 Å². The van der Waals surface area contributed by atoms with E-state index in [0.717, 1.165) is 115 Å². The second-order valence-electron chi connectivity index (χ2n) is 24.2. The predicted molar refractivity (Wildman–Crippen MR) is 326 cm³/mol. The van der Waals surface area contributed by atoms with E-state index >= 15 is 0 Å². The van der Waals surface area contributed by atoms with Crippen molar-refractivity contribution in [3.63, 3.8) is 0 Å². The highest BCUT2D eigenvalue weighted by molar-refractivity contribution is 7.47. The first-order valence-corrected chi connectivity index (χ1v) is 35.8. The standard InChI is InChI=1S/C63H122O17P2/c1-9-55(7)41-33-25-15-13-11-12-14-16-29-37-45-62(67)79-58(49-74-61(66)44-36-28-22-19-26-34-42-56(8)10-2)51-77-81(69,70)75-47-57(64)48-76-82(71,72)78-52-59(80-63(68)46-38-30-21-18-24-32-40-54(5)6)50-73-60(65)43-35-27-20-17-23-31-39-53(3)4/h53-59,64H,9-52H2,1-8H3,(H,69,70)(H,71,72)/t55?,56?,57-,58+,59+/m0/s1. The minimum atomic E-state index is -4.95. The van der Waals surface area contributed by atoms with Crippen LogP contribution in [0.15, 0.2) is 0 Å². The number of hydrogen-bond donors (Lipinski definition) is 3. The van der Waals surface area contributed by atoms with Gasteiger partial charge in [-0.2, -0.15) is 0 Å². The summed E-state index contributed by atoms with van der Waals surface area (Å²) in [4.78, 5) is 72.1. The van der Waals surface area contributed by atoms with Crippen LogP contribution in [0, 0.1) is 23.7 Å². The molecule has 7 atom stereocenters. The first-order valence-electron chi connectivity index (χ1n) is 32.8.